The van der Waals surface area contributed by atoms with Gasteiger partial charge in [0, 0.05) is 17.7 Å². The van der Waals surface area contributed by atoms with Crippen molar-refractivity contribution in [3.05, 3.63) is 70.2 Å². The number of carbonyl (C=O) groups is 2. The van der Waals surface area contributed by atoms with Gasteiger partial charge in [0.2, 0.25) is 5.43 Å². The van der Waals surface area contributed by atoms with Crippen LogP contribution < -0.4 is 5.43 Å². The summed E-state index contributed by atoms with van der Waals surface area (Å²) in [7, 11) is 0. The molecule has 0 aliphatic carbocycles. The first-order chi connectivity index (χ1) is 14.0. The molecule has 0 atom stereocenters. The molecule has 8 heteroatoms. The molecule has 0 saturated carbocycles. The Kier molecular flexibility index (Phi) is 5.92. The predicted octanol–water partition coefficient (Wildman–Crippen LogP) is 3.47. The monoisotopic (exact) mass is 399 g/mol. The van der Waals surface area contributed by atoms with Crippen LogP contribution in [0.5, 0.6) is 0 Å². The highest BCUT2D eigenvalue weighted by atomic mass is 19.1. The largest absolute Gasteiger partial charge is 0.465 e. The second-order valence-corrected chi connectivity index (χ2v) is 5.89. The summed E-state index contributed by atoms with van der Waals surface area (Å²) in [4.78, 5) is 37.7. The van der Waals surface area contributed by atoms with Gasteiger partial charge < -0.3 is 18.5 Å². The molecular formula is C21H18FNO6. The van der Waals surface area contributed by atoms with Gasteiger partial charge in [-0.2, -0.15) is 0 Å². The third kappa shape index (κ3) is 4.11. The number of fused-ring (bicyclic) bond motifs is 1. The van der Waals surface area contributed by atoms with Gasteiger partial charge in [0.25, 0.3) is 0 Å². The summed E-state index contributed by atoms with van der Waals surface area (Å²) in [6.07, 6.45) is 4.02. The highest BCUT2D eigenvalue weighted by molar-refractivity contribution is 6.17. The average Bonchev–Trinajstić information content (AvgIpc) is 3.20. The summed E-state index contributed by atoms with van der Waals surface area (Å²) >= 11 is 0. The van der Waals surface area contributed by atoms with Gasteiger partial charge in [-0.05, 0) is 44.2 Å². The van der Waals surface area contributed by atoms with E-state index in [0.29, 0.717) is 5.76 Å². The Labute approximate surface area is 165 Å². The Morgan fingerprint density at radius 2 is 1.93 bits per heavy atom. The number of hydrogen-bond donors (Lipinski definition) is 0. The minimum atomic E-state index is -0.876. The number of hydrogen-bond acceptors (Lipinski definition) is 6. The van der Waals surface area contributed by atoms with Crippen LogP contribution in [0.2, 0.25) is 0 Å². The van der Waals surface area contributed by atoms with Gasteiger partial charge in [-0.15, -0.1) is 0 Å². The van der Waals surface area contributed by atoms with E-state index < -0.39 is 23.2 Å². The van der Waals surface area contributed by atoms with Gasteiger partial charge in [-0.3, -0.25) is 4.79 Å². The van der Waals surface area contributed by atoms with Crippen LogP contribution in [0.25, 0.3) is 22.7 Å². The molecule has 0 amide bonds. The fourth-order valence-electron chi connectivity index (χ4n) is 2.80. The van der Waals surface area contributed by atoms with Crippen LogP contribution in [-0.4, -0.2) is 29.7 Å². The molecule has 0 unspecified atom stereocenters. The normalized spacial score (nSPS) is 11.5. The van der Waals surface area contributed by atoms with Gasteiger partial charge in [0.1, 0.15) is 22.8 Å². The fraction of sp³-hybridized carbons (Fsp3) is 0.190. The zero-order valence-electron chi connectivity index (χ0n) is 15.8. The van der Waals surface area contributed by atoms with Crippen LogP contribution in [0.1, 0.15) is 30.0 Å². The predicted molar refractivity (Wildman–Crippen MR) is 104 cm³/mol. The van der Waals surface area contributed by atoms with Crippen molar-refractivity contribution in [2.45, 2.75) is 13.8 Å². The van der Waals surface area contributed by atoms with E-state index in [0.717, 1.165) is 12.1 Å². The molecule has 150 valence electrons. The first kappa shape index (κ1) is 20.1. The second kappa shape index (κ2) is 8.55. The Morgan fingerprint density at radius 3 is 2.59 bits per heavy atom. The van der Waals surface area contributed by atoms with Crippen molar-refractivity contribution in [3.8, 4) is 0 Å². The molecule has 0 bridgehead atoms. The number of halogens is 1. The van der Waals surface area contributed by atoms with Crippen LogP contribution in [0.4, 0.5) is 4.39 Å². The van der Waals surface area contributed by atoms with Crippen molar-refractivity contribution >= 4 is 34.6 Å². The summed E-state index contributed by atoms with van der Waals surface area (Å²) in [5, 5.41) is -0.0785. The van der Waals surface area contributed by atoms with Crippen LogP contribution in [-0.2, 0) is 14.3 Å². The number of nitrogens with zero attached hydrogens (tertiary/aromatic N) is 1. The van der Waals surface area contributed by atoms with Crippen molar-refractivity contribution in [1.29, 1.82) is 0 Å². The first-order valence-electron chi connectivity index (χ1n) is 8.91. The van der Waals surface area contributed by atoms with Crippen molar-refractivity contribution in [2.24, 2.45) is 0 Å². The summed E-state index contributed by atoms with van der Waals surface area (Å²) in [5.74, 6) is -1.90. The lowest BCUT2D eigenvalue weighted by atomic mass is 10.1. The quantitative estimate of drug-likeness (QED) is 0.466. The van der Waals surface area contributed by atoms with E-state index in [1.807, 2.05) is 0 Å². The minimum absolute atomic E-state index is 0.0241. The number of aromatic nitrogens is 1. The molecule has 0 aliphatic heterocycles. The molecule has 7 nitrogen and oxygen atoms in total. The summed E-state index contributed by atoms with van der Waals surface area (Å²) < 4.78 is 30.5. The fourth-order valence-corrected chi connectivity index (χ4v) is 2.80. The Balaban J connectivity index is 2.35. The number of pyridine rings is 1. The number of furan rings is 1. The Hall–Kier alpha value is -3.68. The van der Waals surface area contributed by atoms with Crippen LogP contribution in [0.3, 0.4) is 0 Å². The van der Waals surface area contributed by atoms with Gasteiger partial charge in [0.15, 0.2) is 0 Å². The van der Waals surface area contributed by atoms with E-state index in [-0.39, 0.29) is 35.4 Å². The van der Waals surface area contributed by atoms with Gasteiger partial charge in [-0.1, -0.05) is 0 Å². The van der Waals surface area contributed by atoms with E-state index in [9.17, 15) is 18.8 Å². The topological polar surface area (TPSA) is 87.7 Å². The van der Waals surface area contributed by atoms with Crippen molar-refractivity contribution in [3.63, 3.8) is 0 Å². The van der Waals surface area contributed by atoms with Crippen LogP contribution in [0.15, 0.2) is 52.0 Å². The summed E-state index contributed by atoms with van der Waals surface area (Å²) in [6.45, 7) is 3.39. The zero-order valence-corrected chi connectivity index (χ0v) is 15.8. The second-order valence-electron chi connectivity index (χ2n) is 5.89. The lowest BCUT2D eigenvalue weighted by Gasteiger charge is -2.15. The molecule has 0 fully saturated rings. The average molecular weight is 399 g/mol. The molecule has 0 N–H and O–H groups in total. The zero-order chi connectivity index (χ0) is 21.0. The SMILES string of the molecule is CCOC(=O)/C(=C/c1ccco1)n1cc(C(=O)OCC)c(=O)c2cc(F)ccc21. The minimum Gasteiger partial charge on any atom is -0.465 e. The maximum atomic E-state index is 13.8. The summed E-state index contributed by atoms with van der Waals surface area (Å²) in [5.41, 5.74) is -0.839. The van der Waals surface area contributed by atoms with Crippen molar-refractivity contribution < 1.29 is 27.9 Å². The van der Waals surface area contributed by atoms with Crippen LogP contribution in [0, 0.1) is 5.82 Å². The third-order valence-corrected chi connectivity index (χ3v) is 4.03. The molecule has 0 aliphatic rings. The Bertz CT molecular complexity index is 1140. The third-order valence-electron chi connectivity index (χ3n) is 4.03. The molecule has 0 saturated heterocycles. The molecule has 29 heavy (non-hydrogen) atoms. The summed E-state index contributed by atoms with van der Waals surface area (Å²) in [6, 6.07) is 6.76. The van der Waals surface area contributed by atoms with Crippen molar-refractivity contribution in [2.75, 3.05) is 13.2 Å². The molecule has 0 radical (unpaired) electrons. The molecule has 3 aromatic rings. The van der Waals surface area contributed by atoms with Gasteiger partial charge in [-0.25, -0.2) is 14.0 Å². The molecule has 1 aromatic carbocycles. The number of ether oxygens (including phenoxy) is 2. The number of benzene rings is 1. The lowest BCUT2D eigenvalue weighted by molar-refractivity contribution is -0.136. The molecular weight excluding hydrogens is 381 g/mol. The highest BCUT2D eigenvalue weighted by Crippen LogP contribution is 2.22. The first-order valence-corrected chi connectivity index (χ1v) is 8.91. The van der Waals surface area contributed by atoms with Gasteiger partial charge >= 0.3 is 11.9 Å². The highest BCUT2D eigenvalue weighted by Gasteiger charge is 2.22. The maximum absolute atomic E-state index is 13.8. The number of rotatable bonds is 6. The Morgan fingerprint density at radius 1 is 1.17 bits per heavy atom. The molecule has 2 aromatic heterocycles. The smallest absolute Gasteiger partial charge is 0.355 e. The van der Waals surface area contributed by atoms with E-state index in [4.69, 9.17) is 13.9 Å². The van der Waals surface area contributed by atoms with E-state index in [2.05, 4.69) is 0 Å². The maximum Gasteiger partial charge on any atom is 0.355 e. The number of carbonyl (C=O) groups excluding carboxylic acids is 2. The lowest BCUT2D eigenvalue weighted by Crippen LogP contribution is -2.23. The van der Waals surface area contributed by atoms with E-state index in [1.54, 1.807) is 26.0 Å². The standard InChI is InChI=1S/C21H18FNO6/c1-3-27-20(25)16-12-23(17-8-7-13(22)10-15(17)19(16)24)18(21(26)28-4-2)11-14-6-5-9-29-14/h5-12H,3-4H2,1-2H3/b18-11-. The van der Waals surface area contributed by atoms with Gasteiger partial charge in [0.05, 0.1) is 25.0 Å². The van der Waals surface area contributed by atoms with Crippen molar-refractivity contribution in [1.82, 2.24) is 4.57 Å². The van der Waals surface area contributed by atoms with E-state index in [1.165, 1.54) is 29.2 Å². The molecule has 2 heterocycles. The van der Waals surface area contributed by atoms with E-state index >= 15 is 0 Å². The van der Waals surface area contributed by atoms with Crippen LogP contribution >= 0.6 is 0 Å². The number of esters is 2. The molecule has 0 spiro atoms. The molecule has 3 rings (SSSR count).